The molecule has 1 saturated heterocycles. The van der Waals surface area contributed by atoms with Crippen molar-refractivity contribution >= 4 is 11.9 Å². The smallest absolute Gasteiger partial charge is 0.326 e. The van der Waals surface area contributed by atoms with Gasteiger partial charge < -0.3 is 15.1 Å². The van der Waals surface area contributed by atoms with Gasteiger partial charge in [0.25, 0.3) is 5.91 Å². The van der Waals surface area contributed by atoms with Crippen molar-refractivity contribution in [3.63, 3.8) is 0 Å². The lowest BCUT2D eigenvalue weighted by atomic mass is 10.0. The van der Waals surface area contributed by atoms with E-state index in [2.05, 4.69) is 13.8 Å². The lowest BCUT2D eigenvalue weighted by molar-refractivity contribution is -0.141. The van der Waals surface area contributed by atoms with E-state index in [1.165, 1.54) is 4.90 Å². The second kappa shape index (κ2) is 5.63. The summed E-state index contributed by atoms with van der Waals surface area (Å²) in [5.41, 5.74) is 1.58. The molecular formula is C15H19NO4. The molecule has 20 heavy (non-hydrogen) atoms. The van der Waals surface area contributed by atoms with E-state index in [9.17, 15) is 14.7 Å². The van der Waals surface area contributed by atoms with Crippen molar-refractivity contribution in [2.45, 2.75) is 38.3 Å². The SMILES string of the molecule is CC(C)c1ccc(C(=O)N2C[C@@H](O)C[C@H]2C(=O)O)cc1. The quantitative estimate of drug-likeness (QED) is 0.877. The molecule has 0 bridgehead atoms. The third-order valence-electron chi connectivity index (χ3n) is 3.65. The summed E-state index contributed by atoms with van der Waals surface area (Å²) < 4.78 is 0. The summed E-state index contributed by atoms with van der Waals surface area (Å²) in [7, 11) is 0. The highest BCUT2D eigenvalue weighted by Gasteiger charge is 2.39. The van der Waals surface area contributed by atoms with Crippen LogP contribution in [0.1, 0.15) is 42.1 Å². The molecule has 0 unspecified atom stereocenters. The molecule has 0 saturated carbocycles. The Balaban J connectivity index is 2.20. The molecule has 2 rings (SSSR count). The predicted octanol–water partition coefficient (Wildman–Crippen LogP) is 1.47. The zero-order valence-electron chi connectivity index (χ0n) is 11.6. The maximum Gasteiger partial charge on any atom is 0.326 e. The van der Waals surface area contributed by atoms with E-state index in [4.69, 9.17) is 5.11 Å². The Kier molecular flexibility index (Phi) is 4.09. The predicted molar refractivity (Wildman–Crippen MR) is 73.6 cm³/mol. The number of hydrogen-bond donors (Lipinski definition) is 2. The highest BCUT2D eigenvalue weighted by atomic mass is 16.4. The minimum Gasteiger partial charge on any atom is -0.480 e. The monoisotopic (exact) mass is 277 g/mol. The standard InChI is InChI=1S/C15H19NO4/c1-9(2)10-3-5-11(6-4-10)14(18)16-8-12(17)7-13(16)15(19)20/h3-6,9,12-13,17H,7-8H2,1-2H3,(H,19,20)/t12-,13-/m0/s1. The van der Waals surface area contributed by atoms with Crippen LogP contribution < -0.4 is 0 Å². The second-order valence-electron chi connectivity index (χ2n) is 5.48. The van der Waals surface area contributed by atoms with Crippen LogP contribution in [0.15, 0.2) is 24.3 Å². The van der Waals surface area contributed by atoms with E-state index in [0.717, 1.165) is 5.56 Å². The van der Waals surface area contributed by atoms with Crippen LogP contribution in [0, 0.1) is 0 Å². The van der Waals surface area contributed by atoms with Crippen molar-refractivity contribution in [2.24, 2.45) is 0 Å². The van der Waals surface area contributed by atoms with Crippen molar-refractivity contribution in [1.82, 2.24) is 4.90 Å². The van der Waals surface area contributed by atoms with E-state index < -0.39 is 18.1 Å². The van der Waals surface area contributed by atoms with Crippen LogP contribution in [0.3, 0.4) is 0 Å². The number of hydrogen-bond acceptors (Lipinski definition) is 3. The topological polar surface area (TPSA) is 77.8 Å². The molecule has 1 aliphatic heterocycles. The van der Waals surface area contributed by atoms with Crippen LogP contribution in [0.4, 0.5) is 0 Å². The fraction of sp³-hybridized carbons (Fsp3) is 0.467. The summed E-state index contributed by atoms with van der Waals surface area (Å²) in [5, 5.41) is 18.7. The summed E-state index contributed by atoms with van der Waals surface area (Å²) in [5.74, 6) is -1.04. The summed E-state index contributed by atoms with van der Waals surface area (Å²) >= 11 is 0. The highest BCUT2D eigenvalue weighted by Crippen LogP contribution is 2.22. The lowest BCUT2D eigenvalue weighted by Gasteiger charge is -2.21. The van der Waals surface area contributed by atoms with Crippen LogP contribution in [0.2, 0.25) is 0 Å². The van der Waals surface area contributed by atoms with Gasteiger partial charge in [0.1, 0.15) is 6.04 Å². The van der Waals surface area contributed by atoms with E-state index in [1.807, 2.05) is 12.1 Å². The van der Waals surface area contributed by atoms with Crippen LogP contribution in [-0.4, -0.2) is 45.7 Å². The Hall–Kier alpha value is -1.88. The Bertz CT molecular complexity index is 509. The molecular weight excluding hydrogens is 258 g/mol. The van der Waals surface area contributed by atoms with E-state index in [0.29, 0.717) is 11.5 Å². The molecule has 0 aliphatic carbocycles. The van der Waals surface area contributed by atoms with Gasteiger partial charge in [-0.25, -0.2) is 4.79 Å². The second-order valence-corrected chi connectivity index (χ2v) is 5.48. The zero-order valence-corrected chi connectivity index (χ0v) is 11.6. The number of carbonyl (C=O) groups excluding carboxylic acids is 1. The summed E-state index contributed by atoms with van der Waals surface area (Å²) in [6, 6.07) is 6.23. The Morgan fingerprint density at radius 3 is 2.35 bits per heavy atom. The van der Waals surface area contributed by atoms with Gasteiger partial charge in [-0.3, -0.25) is 4.79 Å². The van der Waals surface area contributed by atoms with E-state index in [1.54, 1.807) is 12.1 Å². The number of rotatable bonds is 3. The lowest BCUT2D eigenvalue weighted by Crippen LogP contribution is -2.40. The van der Waals surface area contributed by atoms with Gasteiger partial charge in [-0.15, -0.1) is 0 Å². The zero-order chi connectivity index (χ0) is 14.9. The highest BCUT2D eigenvalue weighted by molar-refractivity contribution is 5.97. The molecule has 1 heterocycles. The van der Waals surface area contributed by atoms with Gasteiger partial charge in [0.2, 0.25) is 0 Å². The van der Waals surface area contributed by atoms with E-state index >= 15 is 0 Å². The first kappa shape index (κ1) is 14.5. The van der Waals surface area contributed by atoms with E-state index in [-0.39, 0.29) is 18.9 Å². The van der Waals surface area contributed by atoms with Gasteiger partial charge in [0, 0.05) is 18.5 Å². The largest absolute Gasteiger partial charge is 0.480 e. The van der Waals surface area contributed by atoms with Crippen LogP contribution in [-0.2, 0) is 4.79 Å². The van der Waals surface area contributed by atoms with Crippen molar-refractivity contribution in [3.05, 3.63) is 35.4 Å². The van der Waals surface area contributed by atoms with Crippen LogP contribution >= 0.6 is 0 Å². The molecule has 0 radical (unpaired) electrons. The molecule has 2 N–H and O–H groups in total. The van der Waals surface area contributed by atoms with Crippen molar-refractivity contribution in [1.29, 1.82) is 0 Å². The molecule has 108 valence electrons. The normalized spacial score (nSPS) is 22.3. The maximum absolute atomic E-state index is 12.3. The number of carbonyl (C=O) groups is 2. The summed E-state index contributed by atoms with van der Waals surface area (Å²) in [6.45, 7) is 4.20. The first-order chi connectivity index (χ1) is 9.40. The molecule has 2 atom stereocenters. The molecule has 1 amide bonds. The molecule has 1 aromatic carbocycles. The third-order valence-corrected chi connectivity index (χ3v) is 3.65. The first-order valence-electron chi connectivity index (χ1n) is 6.72. The number of aliphatic hydroxyl groups is 1. The summed E-state index contributed by atoms with van der Waals surface area (Å²) in [6.07, 6.45) is -0.680. The molecule has 0 spiro atoms. The van der Waals surface area contributed by atoms with Gasteiger partial charge in [-0.1, -0.05) is 26.0 Å². The van der Waals surface area contributed by atoms with Gasteiger partial charge in [0.15, 0.2) is 0 Å². The number of aliphatic hydroxyl groups excluding tert-OH is 1. The first-order valence-corrected chi connectivity index (χ1v) is 6.72. The van der Waals surface area contributed by atoms with Gasteiger partial charge in [-0.2, -0.15) is 0 Å². The van der Waals surface area contributed by atoms with Crippen LogP contribution in [0.5, 0.6) is 0 Å². The molecule has 5 heteroatoms. The number of carboxylic acids is 1. The Morgan fingerprint density at radius 1 is 1.25 bits per heavy atom. The fourth-order valence-corrected chi connectivity index (χ4v) is 2.45. The number of likely N-dealkylation sites (tertiary alicyclic amines) is 1. The fourth-order valence-electron chi connectivity index (χ4n) is 2.45. The number of β-amino-alcohol motifs (C(OH)–C–C–N with tert-alkyl or cyclic N) is 1. The van der Waals surface area contributed by atoms with Crippen LogP contribution in [0.25, 0.3) is 0 Å². The third kappa shape index (κ3) is 2.82. The number of benzene rings is 1. The molecule has 1 fully saturated rings. The number of aliphatic carboxylic acids is 1. The minimum atomic E-state index is -1.08. The average molecular weight is 277 g/mol. The number of carboxylic acid groups (broad SMARTS) is 1. The van der Waals surface area contributed by atoms with Crippen molar-refractivity contribution < 1.29 is 19.8 Å². The van der Waals surface area contributed by atoms with Crippen molar-refractivity contribution in [3.8, 4) is 0 Å². The van der Waals surface area contributed by atoms with Crippen molar-refractivity contribution in [2.75, 3.05) is 6.54 Å². The molecule has 1 aliphatic rings. The maximum atomic E-state index is 12.3. The minimum absolute atomic E-state index is 0.0712. The van der Waals surface area contributed by atoms with Gasteiger partial charge in [-0.05, 0) is 23.6 Å². The van der Waals surface area contributed by atoms with Gasteiger partial charge >= 0.3 is 5.97 Å². The molecule has 0 aromatic heterocycles. The summed E-state index contributed by atoms with van der Waals surface area (Å²) in [4.78, 5) is 24.7. The number of nitrogens with zero attached hydrogens (tertiary/aromatic N) is 1. The van der Waals surface area contributed by atoms with Gasteiger partial charge in [0.05, 0.1) is 6.10 Å². The molecule has 1 aromatic rings. The Labute approximate surface area is 117 Å². The Morgan fingerprint density at radius 2 is 1.85 bits per heavy atom. The molecule has 5 nitrogen and oxygen atoms in total. The average Bonchev–Trinajstić information content (AvgIpc) is 2.80. The number of amides is 1.